The topological polar surface area (TPSA) is 56.0 Å². The van der Waals surface area contributed by atoms with Crippen LogP contribution in [0.1, 0.15) is 0 Å². The number of benzene rings is 1. The van der Waals surface area contributed by atoms with Crippen molar-refractivity contribution >= 4 is 17.4 Å². The first-order chi connectivity index (χ1) is 8.38. The van der Waals surface area contributed by atoms with Gasteiger partial charge in [0.2, 0.25) is 5.65 Å². The van der Waals surface area contributed by atoms with Gasteiger partial charge in [0.1, 0.15) is 5.69 Å². The van der Waals surface area contributed by atoms with E-state index in [0.29, 0.717) is 5.65 Å². The molecule has 0 saturated carbocycles. The molecule has 0 atom stereocenters. The minimum absolute atomic E-state index is 0.661. The fraction of sp³-hybridized carbons (Fsp3) is 0.0909. The highest BCUT2D eigenvalue weighted by atomic mass is 32.2. The number of aromatic nitrogens is 5. The Morgan fingerprint density at radius 1 is 1.18 bits per heavy atom. The van der Waals surface area contributed by atoms with E-state index in [2.05, 4.69) is 20.6 Å². The third kappa shape index (κ3) is 1.76. The van der Waals surface area contributed by atoms with Crippen LogP contribution in [-0.2, 0) is 0 Å². The molecular formula is C11H9N5S. The predicted octanol–water partition coefficient (Wildman–Crippen LogP) is 1.91. The van der Waals surface area contributed by atoms with E-state index in [0.717, 1.165) is 16.2 Å². The van der Waals surface area contributed by atoms with E-state index in [4.69, 9.17) is 0 Å². The molecule has 0 aliphatic heterocycles. The van der Waals surface area contributed by atoms with Gasteiger partial charge in [-0.2, -0.15) is 0 Å². The van der Waals surface area contributed by atoms with Crippen LogP contribution in [0, 0.1) is 0 Å². The molecule has 2 heterocycles. The minimum Gasteiger partial charge on any atom is -0.146 e. The fourth-order valence-electron chi connectivity index (χ4n) is 1.63. The van der Waals surface area contributed by atoms with Gasteiger partial charge < -0.3 is 0 Å². The first kappa shape index (κ1) is 10.2. The molecule has 0 aliphatic rings. The smallest absolute Gasteiger partial charge is 0.146 e. The minimum atomic E-state index is 0.661. The summed E-state index contributed by atoms with van der Waals surface area (Å²) in [7, 11) is 0. The van der Waals surface area contributed by atoms with Crippen molar-refractivity contribution in [1.82, 2.24) is 25.3 Å². The Morgan fingerprint density at radius 3 is 2.76 bits per heavy atom. The lowest BCUT2D eigenvalue weighted by atomic mass is 10.1. The molecule has 0 radical (unpaired) electrons. The zero-order valence-corrected chi connectivity index (χ0v) is 9.92. The molecule has 0 bridgehead atoms. The zero-order chi connectivity index (χ0) is 11.7. The SMILES string of the molecule is CSc1cc2nnnn2nc1-c1ccccc1. The van der Waals surface area contributed by atoms with Gasteiger partial charge in [0, 0.05) is 16.5 Å². The highest BCUT2D eigenvalue weighted by molar-refractivity contribution is 7.98. The molecule has 0 saturated heterocycles. The Balaban J connectivity index is 2.26. The summed E-state index contributed by atoms with van der Waals surface area (Å²) < 4.78 is 1.45. The Morgan fingerprint density at radius 2 is 2.00 bits per heavy atom. The predicted molar refractivity (Wildman–Crippen MR) is 65.8 cm³/mol. The number of tetrazole rings is 1. The number of hydrogen-bond donors (Lipinski definition) is 0. The van der Waals surface area contributed by atoms with Gasteiger partial charge in [0.25, 0.3) is 0 Å². The Labute approximate surface area is 102 Å². The normalized spacial score (nSPS) is 10.9. The van der Waals surface area contributed by atoms with Crippen molar-refractivity contribution in [2.24, 2.45) is 0 Å². The molecule has 0 N–H and O–H groups in total. The van der Waals surface area contributed by atoms with Crippen molar-refractivity contribution in [3.8, 4) is 11.3 Å². The van der Waals surface area contributed by atoms with Crippen LogP contribution in [0.25, 0.3) is 16.9 Å². The first-order valence-corrected chi connectivity index (χ1v) is 6.30. The second-order valence-corrected chi connectivity index (χ2v) is 4.30. The van der Waals surface area contributed by atoms with Gasteiger partial charge >= 0.3 is 0 Å². The molecule has 2 aromatic heterocycles. The monoisotopic (exact) mass is 243 g/mol. The summed E-state index contributed by atoms with van der Waals surface area (Å²) in [5.41, 5.74) is 2.63. The molecule has 3 rings (SSSR count). The van der Waals surface area contributed by atoms with Gasteiger partial charge in [-0.15, -0.1) is 26.6 Å². The molecule has 84 valence electrons. The van der Waals surface area contributed by atoms with Crippen molar-refractivity contribution < 1.29 is 0 Å². The van der Waals surface area contributed by atoms with Gasteiger partial charge in [-0.05, 0) is 16.7 Å². The number of rotatable bonds is 2. The van der Waals surface area contributed by atoms with Crippen LogP contribution in [0.5, 0.6) is 0 Å². The van der Waals surface area contributed by atoms with E-state index in [1.54, 1.807) is 11.8 Å². The molecule has 1 aromatic carbocycles. The average Bonchev–Trinajstić information content (AvgIpc) is 2.85. The Hall–Kier alpha value is -1.95. The maximum absolute atomic E-state index is 4.44. The lowest BCUT2D eigenvalue weighted by molar-refractivity contribution is 0.731. The van der Waals surface area contributed by atoms with Crippen LogP contribution in [0.4, 0.5) is 0 Å². The number of nitrogens with zero attached hydrogens (tertiary/aromatic N) is 5. The Kier molecular flexibility index (Phi) is 2.49. The number of hydrogen-bond acceptors (Lipinski definition) is 5. The van der Waals surface area contributed by atoms with Crippen molar-refractivity contribution in [2.75, 3.05) is 6.26 Å². The van der Waals surface area contributed by atoms with Gasteiger partial charge in [0.05, 0.1) is 0 Å². The van der Waals surface area contributed by atoms with Crippen LogP contribution in [0.15, 0.2) is 41.3 Å². The lowest BCUT2D eigenvalue weighted by Gasteiger charge is -2.05. The zero-order valence-electron chi connectivity index (χ0n) is 9.11. The van der Waals surface area contributed by atoms with E-state index in [1.807, 2.05) is 42.7 Å². The molecule has 0 unspecified atom stereocenters. The molecule has 6 heteroatoms. The third-order valence-corrected chi connectivity index (χ3v) is 3.18. The molecule has 5 nitrogen and oxygen atoms in total. The second kappa shape index (κ2) is 4.14. The van der Waals surface area contributed by atoms with Gasteiger partial charge in [-0.3, -0.25) is 0 Å². The summed E-state index contributed by atoms with van der Waals surface area (Å²) >= 11 is 1.64. The number of thioether (sulfide) groups is 1. The summed E-state index contributed by atoms with van der Waals surface area (Å²) in [6.45, 7) is 0. The van der Waals surface area contributed by atoms with Crippen LogP contribution >= 0.6 is 11.8 Å². The Bertz CT molecular complexity index is 649. The summed E-state index contributed by atoms with van der Waals surface area (Å²) in [4.78, 5) is 1.07. The van der Waals surface area contributed by atoms with Crippen molar-refractivity contribution in [3.63, 3.8) is 0 Å². The molecule has 0 fully saturated rings. The molecule has 0 spiro atoms. The second-order valence-electron chi connectivity index (χ2n) is 3.45. The highest BCUT2D eigenvalue weighted by Crippen LogP contribution is 2.28. The van der Waals surface area contributed by atoms with Crippen LogP contribution in [-0.4, -0.2) is 31.5 Å². The third-order valence-electron chi connectivity index (χ3n) is 2.43. The summed E-state index contributed by atoms with van der Waals surface area (Å²) in [5.74, 6) is 0. The van der Waals surface area contributed by atoms with E-state index in [9.17, 15) is 0 Å². The van der Waals surface area contributed by atoms with Crippen molar-refractivity contribution in [2.45, 2.75) is 4.90 Å². The standard InChI is InChI=1S/C11H9N5S/c1-17-9-7-10-12-14-15-16(10)13-11(9)8-5-3-2-4-6-8/h2-7H,1H3. The van der Waals surface area contributed by atoms with Crippen molar-refractivity contribution in [3.05, 3.63) is 36.4 Å². The summed E-state index contributed by atoms with van der Waals surface area (Å²) in [6, 6.07) is 12.0. The van der Waals surface area contributed by atoms with E-state index in [-0.39, 0.29) is 0 Å². The lowest BCUT2D eigenvalue weighted by Crippen LogP contribution is -1.98. The molecule has 3 aromatic rings. The van der Waals surface area contributed by atoms with Gasteiger partial charge in [0.15, 0.2) is 0 Å². The summed E-state index contributed by atoms with van der Waals surface area (Å²) in [6.07, 6.45) is 2.02. The van der Waals surface area contributed by atoms with E-state index >= 15 is 0 Å². The molecular weight excluding hydrogens is 234 g/mol. The van der Waals surface area contributed by atoms with Crippen LogP contribution in [0.2, 0.25) is 0 Å². The first-order valence-electron chi connectivity index (χ1n) is 5.07. The highest BCUT2D eigenvalue weighted by Gasteiger charge is 2.10. The molecule has 0 aliphatic carbocycles. The maximum Gasteiger partial charge on any atom is 0.201 e. The summed E-state index contributed by atoms with van der Waals surface area (Å²) in [5, 5.41) is 15.7. The van der Waals surface area contributed by atoms with E-state index < -0.39 is 0 Å². The van der Waals surface area contributed by atoms with Crippen molar-refractivity contribution in [1.29, 1.82) is 0 Å². The molecule has 17 heavy (non-hydrogen) atoms. The fourth-order valence-corrected chi connectivity index (χ4v) is 2.20. The largest absolute Gasteiger partial charge is 0.201 e. The quantitative estimate of drug-likeness (QED) is 0.643. The molecule has 0 amide bonds. The average molecular weight is 243 g/mol. The van der Waals surface area contributed by atoms with Crippen LogP contribution in [0.3, 0.4) is 0 Å². The van der Waals surface area contributed by atoms with Crippen LogP contribution < -0.4 is 0 Å². The van der Waals surface area contributed by atoms with E-state index in [1.165, 1.54) is 4.63 Å². The van der Waals surface area contributed by atoms with Gasteiger partial charge in [-0.25, -0.2) is 0 Å². The maximum atomic E-state index is 4.44. The van der Waals surface area contributed by atoms with Gasteiger partial charge in [-0.1, -0.05) is 30.3 Å². The number of fused-ring (bicyclic) bond motifs is 1.